The molecule has 3 aromatic rings. The number of rotatable bonds is 11. The molecule has 7 heteroatoms. The molecule has 0 heterocycles. The van der Waals surface area contributed by atoms with Crippen LogP contribution in [-0.4, -0.2) is 27.9 Å². The lowest BCUT2D eigenvalue weighted by atomic mass is 10.1. The molecular formula is C25H27BrClNO4. The van der Waals surface area contributed by atoms with Crippen molar-refractivity contribution in [2.75, 3.05) is 27.9 Å². The van der Waals surface area contributed by atoms with Crippen LogP contribution in [0.5, 0.6) is 23.0 Å². The van der Waals surface area contributed by atoms with Crippen molar-refractivity contribution in [2.45, 2.75) is 19.6 Å². The molecule has 5 nitrogen and oxygen atoms in total. The van der Waals surface area contributed by atoms with E-state index in [0.29, 0.717) is 29.7 Å². The number of methoxy groups -OCH3 is 3. The molecule has 1 N–H and O–H groups in total. The molecule has 3 aromatic carbocycles. The van der Waals surface area contributed by atoms with Crippen LogP contribution < -0.4 is 24.3 Å². The summed E-state index contributed by atoms with van der Waals surface area (Å²) in [5.74, 6) is 2.82. The number of hydrogen-bond donors (Lipinski definition) is 1. The molecule has 0 bridgehead atoms. The molecule has 0 aliphatic carbocycles. The fraction of sp³-hybridized carbons (Fsp3) is 0.280. The zero-order valence-electron chi connectivity index (χ0n) is 18.4. The van der Waals surface area contributed by atoms with E-state index in [1.54, 1.807) is 21.3 Å². The van der Waals surface area contributed by atoms with E-state index in [0.717, 1.165) is 40.1 Å². The summed E-state index contributed by atoms with van der Waals surface area (Å²) in [6.45, 7) is 1.93. The second-order valence-electron chi connectivity index (χ2n) is 7.14. The average molecular weight is 521 g/mol. The minimum absolute atomic E-state index is 0.401. The van der Waals surface area contributed by atoms with Gasteiger partial charge in [0, 0.05) is 11.6 Å². The maximum Gasteiger partial charge on any atom is 0.175 e. The summed E-state index contributed by atoms with van der Waals surface area (Å²) in [6.07, 6.45) is 0.874. The summed E-state index contributed by atoms with van der Waals surface area (Å²) >= 11 is 9.67. The fourth-order valence-corrected chi connectivity index (χ4v) is 4.12. The van der Waals surface area contributed by atoms with Gasteiger partial charge in [0.15, 0.2) is 23.0 Å². The molecule has 0 aromatic heterocycles. The first-order chi connectivity index (χ1) is 15.5. The molecule has 0 saturated heterocycles. The summed E-state index contributed by atoms with van der Waals surface area (Å²) < 4.78 is 23.1. The van der Waals surface area contributed by atoms with Gasteiger partial charge in [-0.05, 0) is 82.0 Å². The Bertz CT molecular complexity index is 1040. The van der Waals surface area contributed by atoms with Crippen LogP contribution in [0.1, 0.15) is 16.7 Å². The first-order valence-electron chi connectivity index (χ1n) is 10.2. The highest BCUT2D eigenvalue weighted by atomic mass is 79.9. The predicted molar refractivity (Wildman–Crippen MR) is 131 cm³/mol. The molecule has 0 unspecified atom stereocenters. The Hall–Kier alpha value is -2.41. The largest absolute Gasteiger partial charge is 0.493 e. The SMILES string of the molecule is COc1ccc(CCNCc2cc(Br)c(OCc3cccc(Cl)c3)c(OC)c2)cc1OC. The first kappa shape index (κ1) is 24.2. The van der Waals surface area contributed by atoms with E-state index in [9.17, 15) is 0 Å². The van der Waals surface area contributed by atoms with Crippen LogP contribution in [0.2, 0.25) is 5.02 Å². The first-order valence-corrected chi connectivity index (χ1v) is 11.4. The van der Waals surface area contributed by atoms with Gasteiger partial charge in [0.2, 0.25) is 0 Å². The van der Waals surface area contributed by atoms with E-state index in [-0.39, 0.29) is 0 Å². The Morgan fingerprint density at radius 2 is 1.56 bits per heavy atom. The lowest BCUT2D eigenvalue weighted by Crippen LogP contribution is -2.17. The third-order valence-corrected chi connectivity index (χ3v) is 5.75. The lowest BCUT2D eigenvalue weighted by Gasteiger charge is -2.15. The topological polar surface area (TPSA) is 49.0 Å². The van der Waals surface area contributed by atoms with Gasteiger partial charge < -0.3 is 24.3 Å². The molecule has 32 heavy (non-hydrogen) atoms. The molecule has 0 atom stereocenters. The van der Waals surface area contributed by atoms with Crippen LogP contribution in [0.25, 0.3) is 0 Å². The maximum atomic E-state index is 6.06. The molecule has 0 aliphatic heterocycles. The number of ether oxygens (including phenoxy) is 4. The van der Waals surface area contributed by atoms with Crippen molar-refractivity contribution < 1.29 is 18.9 Å². The van der Waals surface area contributed by atoms with Crippen molar-refractivity contribution in [2.24, 2.45) is 0 Å². The zero-order chi connectivity index (χ0) is 22.9. The van der Waals surface area contributed by atoms with Gasteiger partial charge in [0.1, 0.15) is 6.61 Å². The van der Waals surface area contributed by atoms with Crippen LogP contribution >= 0.6 is 27.5 Å². The van der Waals surface area contributed by atoms with E-state index < -0.39 is 0 Å². The molecule has 0 spiro atoms. The van der Waals surface area contributed by atoms with Gasteiger partial charge in [-0.15, -0.1) is 0 Å². The molecule has 3 rings (SSSR count). The van der Waals surface area contributed by atoms with Crippen molar-refractivity contribution >= 4 is 27.5 Å². The van der Waals surface area contributed by atoms with Crippen LogP contribution in [0.3, 0.4) is 0 Å². The van der Waals surface area contributed by atoms with Gasteiger partial charge in [0.05, 0.1) is 25.8 Å². The number of nitrogens with one attached hydrogen (secondary N) is 1. The van der Waals surface area contributed by atoms with Crippen molar-refractivity contribution in [1.82, 2.24) is 5.32 Å². The molecule has 170 valence electrons. The highest BCUT2D eigenvalue weighted by molar-refractivity contribution is 9.10. The Kier molecular flexibility index (Phi) is 9.09. The second-order valence-corrected chi connectivity index (χ2v) is 8.43. The lowest BCUT2D eigenvalue weighted by molar-refractivity contribution is 0.282. The standard InChI is InChI=1S/C25H27BrClNO4/c1-29-22-8-7-17(13-23(22)30-2)9-10-28-15-19-12-21(26)25(24(14-19)31-3)32-16-18-5-4-6-20(27)11-18/h4-8,11-14,28H,9-10,15-16H2,1-3H3. The van der Waals surface area contributed by atoms with Crippen LogP contribution in [-0.2, 0) is 19.6 Å². The monoisotopic (exact) mass is 519 g/mol. The Labute approximate surface area is 202 Å². The Morgan fingerprint density at radius 1 is 0.812 bits per heavy atom. The van der Waals surface area contributed by atoms with E-state index >= 15 is 0 Å². The second kappa shape index (κ2) is 12.0. The Balaban J connectivity index is 1.57. The van der Waals surface area contributed by atoms with Crippen molar-refractivity contribution in [1.29, 1.82) is 0 Å². The van der Waals surface area contributed by atoms with Gasteiger partial charge in [-0.2, -0.15) is 0 Å². The van der Waals surface area contributed by atoms with Gasteiger partial charge in [0.25, 0.3) is 0 Å². The third kappa shape index (κ3) is 6.55. The summed E-state index contributed by atoms with van der Waals surface area (Å²) in [6, 6.07) is 17.6. The average Bonchev–Trinajstić information content (AvgIpc) is 2.80. The van der Waals surface area contributed by atoms with E-state index in [2.05, 4.69) is 27.3 Å². The summed E-state index contributed by atoms with van der Waals surface area (Å²) in [7, 11) is 4.93. The molecule has 0 radical (unpaired) electrons. The highest BCUT2D eigenvalue weighted by Crippen LogP contribution is 2.37. The zero-order valence-corrected chi connectivity index (χ0v) is 20.8. The Morgan fingerprint density at radius 3 is 2.28 bits per heavy atom. The van der Waals surface area contributed by atoms with Crippen LogP contribution in [0.4, 0.5) is 0 Å². The van der Waals surface area contributed by atoms with Gasteiger partial charge in [-0.1, -0.05) is 29.8 Å². The van der Waals surface area contributed by atoms with E-state index in [4.69, 9.17) is 30.5 Å². The molecular weight excluding hydrogens is 494 g/mol. The van der Waals surface area contributed by atoms with E-state index in [1.807, 2.05) is 48.5 Å². The van der Waals surface area contributed by atoms with Crippen molar-refractivity contribution in [3.8, 4) is 23.0 Å². The summed E-state index contributed by atoms with van der Waals surface area (Å²) in [5.41, 5.74) is 3.27. The maximum absolute atomic E-state index is 6.06. The minimum Gasteiger partial charge on any atom is -0.493 e. The van der Waals surface area contributed by atoms with Gasteiger partial charge in [-0.25, -0.2) is 0 Å². The molecule has 0 aliphatic rings. The van der Waals surface area contributed by atoms with Gasteiger partial charge in [-0.3, -0.25) is 0 Å². The van der Waals surface area contributed by atoms with E-state index in [1.165, 1.54) is 5.56 Å². The third-order valence-electron chi connectivity index (χ3n) is 4.93. The fourth-order valence-electron chi connectivity index (χ4n) is 3.30. The van der Waals surface area contributed by atoms with Crippen LogP contribution in [0.15, 0.2) is 59.1 Å². The number of benzene rings is 3. The normalized spacial score (nSPS) is 10.7. The smallest absolute Gasteiger partial charge is 0.175 e. The number of hydrogen-bond acceptors (Lipinski definition) is 5. The summed E-state index contributed by atoms with van der Waals surface area (Å²) in [4.78, 5) is 0. The highest BCUT2D eigenvalue weighted by Gasteiger charge is 2.12. The molecule has 0 amide bonds. The molecule has 0 fully saturated rings. The summed E-state index contributed by atoms with van der Waals surface area (Å²) in [5, 5.41) is 4.16. The minimum atomic E-state index is 0.401. The van der Waals surface area contributed by atoms with Gasteiger partial charge >= 0.3 is 0 Å². The van der Waals surface area contributed by atoms with Crippen molar-refractivity contribution in [3.05, 3.63) is 80.8 Å². The quantitative estimate of drug-likeness (QED) is 0.312. The molecule has 0 saturated carbocycles. The van der Waals surface area contributed by atoms with Crippen molar-refractivity contribution in [3.63, 3.8) is 0 Å². The predicted octanol–water partition coefficient (Wildman–Crippen LogP) is 6.04. The number of halogens is 2. The van der Waals surface area contributed by atoms with Crippen LogP contribution in [0, 0.1) is 0 Å².